The summed E-state index contributed by atoms with van der Waals surface area (Å²) in [6, 6.07) is 5.01. The third kappa shape index (κ3) is 11.4. The number of aliphatic hydroxyl groups excluding tert-OH is 3. The van der Waals surface area contributed by atoms with Gasteiger partial charge in [-0.05, 0) is 30.5 Å². The zero-order valence-electron chi connectivity index (χ0n) is 26.2. The maximum Gasteiger partial charge on any atom is 0.335 e. The highest BCUT2D eigenvalue weighted by Gasteiger charge is 2.48. The van der Waals surface area contributed by atoms with Crippen molar-refractivity contribution in [3.63, 3.8) is 0 Å². The van der Waals surface area contributed by atoms with Crippen molar-refractivity contribution in [1.29, 1.82) is 0 Å². The lowest BCUT2D eigenvalue weighted by Gasteiger charge is -2.38. The number of carboxylic acid groups (broad SMARTS) is 1. The van der Waals surface area contributed by atoms with Crippen molar-refractivity contribution in [3.8, 4) is 5.75 Å². The summed E-state index contributed by atoms with van der Waals surface area (Å²) in [6.45, 7) is 4.76. The van der Waals surface area contributed by atoms with Gasteiger partial charge in [0.05, 0.1) is 25.7 Å². The maximum absolute atomic E-state index is 12.1. The first-order chi connectivity index (χ1) is 22.4. The summed E-state index contributed by atoms with van der Waals surface area (Å²) in [6.07, 6.45) is -5.36. The Morgan fingerprint density at radius 2 is 1.64 bits per heavy atom. The molecule has 3 rings (SSSR count). The van der Waals surface area contributed by atoms with Crippen LogP contribution in [0.5, 0.6) is 5.75 Å². The number of aryl methyl sites for hydroxylation is 1. The van der Waals surface area contributed by atoms with E-state index in [2.05, 4.69) is 5.32 Å². The molecule has 0 saturated carbocycles. The van der Waals surface area contributed by atoms with E-state index < -0.39 is 54.5 Å². The van der Waals surface area contributed by atoms with Gasteiger partial charge in [-0.1, -0.05) is 19.9 Å². The fourth-order valence-corrected chi connectivity index (χ4v) is 4.52. The molecule has 0 unspecified atom stereocenters. The number of aliphatic hydroxyl groups is 3. The van der Waals surface area contributed by atoms with Crippen LogP contribution in [0.1, 0.15) is 37.8 Å². The Hall–Kier alpha value is -3.93. The molecule has 2 aliphatic heterocycles. The van der Waals surface area contributed by atoms with Crippen molar-refractivity contribution in [2.45, 2.75) is 70.4 Å². The maximum atomic E-state index is 12.1. The summed E-state index contributed by atoms with van der Waals surface area (Å²) in [4.78, 5) is 59.4. The van der Waals surface area contributed by atoms with Crippen LogP contribution >= 0.6 is 0 Å². The molecule has 0 radical (unpaired) electrons. The van der Waals surface area contributed by atoms with Crippen LogP contribution in [0, 0.1) is 5.92 Å². The average Bonchev–Trinajstić information content (AvgIpc) is 3.36. The van der Waals surface area contributed by atoms with Gasteiger partial charge >= 0.3 is 11.9 Å². The number of carboxylic acids is 1. The smallest absolute Gasteiger partial charge is 0.335 e. The molecule has 260 valence electrons. The number of aliphatic carboxylic acids is 1. The van der Waals surface area contributed by atoms with E-state index in [1.165, 1.54) is 12.2 Å². The largest absolute Gasteiger partial charge is 0.479 e. The summed E-state index contributed by atoms with van der Waals surface area (Å²) in [5.41, 5.74) is 1.26. The molecule has 5 N–H and O–H groups in total. The van der Waals surface area contributed by atoms with Gasteiger partial charge in [0.2, 0.25) is 12.2 Å². The van der Waals surface area contributed by atoms with Gasteiger partial charge in [0.25, 0.3) is 11.8 Å². The van der Waals surface area contributed by atoms with E-state index in [9.17, 15) is 44.4 Å². The van der Waals surface area contributed by atoms with Crippen LogP contribution < -0.4 is 10.1 Å². The normalized spacial score (nSPS) is 22.5. The second-order valence-electron chi connectivity index (χ2n) is 11.1. The highest BCUT2D eigenvalue weighted by molar-refractivity contribution is 6.13. The SMILES string of the molecule is CC(C)C(=O)OCc1cc(CCCOCCOCCNC(=O)CCN2C(=O)C=CC2=O)ccc1O[C@@H]1O[C@H](C(=O)O)[C@@H](O)[C@H](O)[C@H]1O. The van der Waals surface area contributed by atoms with E-state index in [1.807, 2.05) is 0 Å². The van der Waals surface area contributed by atoms with Crippen LogP contribution in [-0.4, -0.2) is 125 Å². The lowest BCUT2D eigenvalue weighted by atomic mass is 9.99. The molecule has 0 spiro atoms. The number of ether oxygens (including phenoxy) is 5. The van der Waals surface area contributed by atoms with E-state index in [1.54, 1.807) is 32.0 Å². The Balaban J connectivity index is 1.39. The molecule has 1 aromatic carbocycles. The monoisotopic (exact) mass is 666 g/mol. The summed E-state index contributed by atoms with van der Waals surface area (Å²) >= 11 is 0. The van der Waals surface area contributed by atoms with E-state index in [-0.39, 0.29) is 50.3 Å². The lowest BCUT2D eigenvalue weighted by Crippen LogP contribution is -2.61. The van der Waals surface area contributed by atoms with Crippen molar-refractivity contribution in [3.05, 3.63) is 41.5 Å². The molecule has 3 amide bonds. The molecule has 0 aromatic heterocycles. The summed E-state index contributed by atoms with van der Waals surface area (Å²) in [7, 11) is 0. The highest BCUT2D eigenvalue weighted by Crippen LogP contribution is 2.28. The number of amides is 3. The number of carbonyl (C=O) groups excluding carboxylic acids is 4. The highest BCUT2D eigenvalue weighted by atomic mass is 16.7. The Morgan fingerprint density at radius 1 is 0.957 bits per heavy atom. The molecular weight excluding hydrogens is 624 g/mol. The Bertz CT molecular complexity index is 1270. The number of hydrogen-bond donors (Lipinski definition) is 5. The molecule has 2 aliphatic rings. The zero-order chi connectivity index (χ0) is 34.5. The number of nitrogens with one attached hydrogen (secondary N) is 1. The summed E-state index contributed by atoms with van der Waals surface area (Å²) in [5.74, 6) is -3.43. The van der Waals surface area contributed by atoms with Gasteiger partial charge in [-0.2, -0.15) is 0 Å². The molecule has 0 aliphatic carbocycles. The van der Waals surface area contributed by atoms with Crippen LogP contribution in [0.3, 0.4) is 0 Å². The second-order valence-corrected chi connectivity index (χ2v) is 11.1. The summed E-state index contributed by atoms with van der Waals surface area (Å²) in [5, 5.41) is 42.3. The van der Waals surface area contributed by atoms with Crippen LogP contribution in [0.4, 0.5) is 0 Å². The van der Waals surface area contributed by atoms with Gasteiger partial charge in [-0.25, -0.2) is 4.79 Å². The molecule has 1 fully saturated rings. The van der Waals surface area contributed by atoms with Crippen molar-refractivity contribution < 1.29 is 68.1 Å². The van der Waals surface area contributed by atoms with Crippen molar-refractivity contribution >= 4 is 29.7 Å². The first kappa shape index (κ1) is 37.5. The minimum Gasteiger partial charge on any atom is -0.479 e. The zero-order valence-corrected chi connectivity index (χ0v) is 26.2. The van der Waals surface area contributed by atoms with Gasteiger partial charge in [0.15, 0.2) is 6.10 Å². The minimum atomic E-state index is -1.87. The predicted octanol–water partition coefficient (Wildman–Crippen LogP) is -0.946. The van der Waals surface area contributed by atoms with E-state index >= 15 is 0 Å². The molecule has 16 nitrogen and oxygen atoms in total. The molecule has 1 aromatic rings. The summed E-state index contributed by atoms with van der Waals surface area (Å²) < 4.78 is 27.3. The van der Waals surface area contributed by atoms with Gasteiger partial charge in [-0.3, -0.25) is 24.1 Å². The van der Waals surface area contributed by atoms with E-state index in [4.69, 9.17) is 23.7 Å². The minimum absolute atomic E-state index is 0.00300. The topological polar surface area (TPSA) is 228 Å². The number of benzene rings is 1. The first-order valence-electron chi connectivity index (χ1n) is 15.2. The lowest BCUT2D eigenvalue weighted by molar-refractivity contribution is -0.271. The molecule has 5 atom stereocenters. The van der Waals surface area contributed by atoms with E-state index in [0.717, 1.165) is 10.5 Å². The Morgan fingerprint density at radius 3 is 2.30 bits per heavy atom. The van der Waals surface area contributed by atoms with Crippen molar-refractivity contribution in [2.75, 3.05) is 39.5 Å². The molecule has 0 bridgehead atoms. The fraction of sp³-hybridized carbons (Fsp3) is 0.581. The number of esters is 1. The Labute approximate surface area is 271 Å². The molecule has 1 saturated heterocycles. The quantitative estimate of drug-likeness (QED) is 0.0682. The average molecular weight is 667 g/mol. The molecular formula is C31H42N2O14. The van der Waals surface area contributed by atoms with Crippen LogP contribution in [0.15, 0.2) is 30.4 Å². The number of imide groups is 1. The van der Waals surface area contributed by atoms with Crippen LogP contribution in [0.25, 0.3) is 0 Å². The third-order valence-corrected chi connectivity index (χ3v) is 7.18. The van der Waals surface area contributed by atoms with Gasteiger partial charge in [0.1, 0.15) is 30.7 Å². The van der Waals surface area contributed by atoms with E-state index in [0.29, 0.717) is 38.2 Å². The van der Waals surface area contributed by atoms with Gasteiger partial charge < -0.3 is 49.4 Å². The van der Waals surface area contributed by atoms with Gasteiger partial charge in [0, 0.05) is 43.8 Å². The van der Waals surface area contributed by atoms with Gasteiger partial charge in [-0.15, -0.1) is 0 Å². The first-order valence-corrected chi connectivity index (χ1v) is 15.2. The molecule has 16 heteroatoms. The van der Waals surface area contributed by atoms with Crippen LogP contribution in [-0.2, 0) is 55.9 Å². The van der Waals surface area contributed by atoms with Crippen molar-refractivity contribution in [1.82, 2.24) is 10.2 Å². The second kappa shape index (κ2) is 18.4. The van der Waals surface area contributed by atoms with Crippen LogP contribution in [0.2, 0.25) is 0 Å². The fourth-order valence-electron chi connectivity index (χ4n) is 4.52. The number of carbonyl (C=O) groups is 5. The van der Waals surface area contributed by atoms with Crippen molar-refractivity contribution in [2.24, 2.45) is 5.92 Å². The standard InChI is InChI=1S/C31H42N2O14/c1-18(2)30(42)45-17-20-16-19(5-6-21(20)46-31-27(39)25(37)26(38)28(47-31)29(40)41)4-3-12-43-14-15-44-13-10-32-22(34)9-11-33-23(35)7-8-24(33)36/h5-8,16,18,25-28,31,37-39H,3-4,9-15,17H2,1-2H3,(H,32,34)(H,40,41)/t25-,26-,27+,28-,31+/m0/s1. The molecule has 47 heavy (non-hydrogen) atoms. The predicted molar refractivity (Wildman–Crippen MR) is 159 cm³/mol. The number of nitrogens with zero attached hydrogens (tertiary/aromatic N) is 1. The number of rotatable bonds is 19. The number of hydrogen-bond acceptors (Lipinski definition) is 13. The third-order valence-electron chi connectivity index (χ3n) is 7.18. The Kier molecular flexibility index (Phi) is 14.7. The molecule has 2 heterocycles.